The number of rotatable bonds is 3. The lowest BCUT2D eigenvalue weighted by molar-refractivity contribution is -0.148. The monoisotopic (exact) mass is 537 g/mol. The average Bonchev–Trinajstić information content (AvgIpc) is 3.31. The van der Waals surface area contributed by atoms with Gasteiger partial charge in [0, 0.05) is 49.2 Å². The number of benzene rings is 1. The summed E-state index contributed by atoms with van der Waals surface area (Å²) in [6, 6.07) is 3.85. The van der Waals surface area contributed by atoms with Gasteiger partial charge in [-0.2, -0.15) is 18.4 Å². The highest BCUT2D eigenvalue weighted by molar-refractivity contribution is 5.95. The van der Waals surface area contributed by atoms with Crippen LogP contribution >= 0.6 is 0 Å². The van der Waals surface area contributed by atoms with Gasteiger partial charge < -0.3 is 14.4 Å². The highest BCUT2D eigenvalue weighted by atomic mass is 19.4. The summed E-state index contributed by atoms with van der Waals surface area (Å²) in [6.07, 6.45) is -6.03. The Kier molecular flexibility index (Phi) is 6.40. The van der Waals surface area contributed by atoms with Crippen molar-refractivity contribution in [1.29, 1.82) is 5.26 Å². The number of hydrogen-bond acceptors (Lipinski definition) is 6. The first kappa shape index (κ1) is 25.7. The molecule has 1 saturated heterocycles. The number of alkyl halides is 5. The number of piperidine rings is 1. The molecule has 0 aliphatic carbocycles. The minimum absolute atomic E-state index is 0.0563. The summed E-state index contributed by atoms with van der Waals surface area (Å²) in [6.45, 7) is 2.26. The lowest BCUT2D eigenvalue weighted by Crippen LogP contribution is -2.49. The Balaban J connectivity index is 1.38. The zero-order valence-electron chi connectivity index (χ0n) is 20.0. The van der Waals surface area contributed by atoms with Gasteiger partial charge >= 0.3 is 6.18 Å². The maximum absolute atomic E-state index is 14.6. The first-order valence-electron chi connectivity index (χ1n) is 11.8. The summed E-state index contributed by atoms with van der Waals surface area (Å²) in [5.41, 5.74) is -0.290. The third kappa shape index (κ3) is 4.39. The van der Waals surface area contributed by atoms with Gasteiger partial charge in [-0.1, -0.05) is 6.92 Å². The van der Waals surface area contributed by atoms with Gasteiger partial charge in [0.1, 0.15) is 17.4 Å². The van der Waals surface area contributed by atoms with Crippen LogP contribution in [-0.2, 0) is 24.1 Å². The van der Waals surface area contributed by atoms with E-state index in [2.05, 4.69) is 15.2 Å². The van der Waals surface area contributed by atoms with E-state index in [0.717, 1.165) is 16.7 Å². The molecule has 3 aromatic rings. The number of nitrogens with zero attached hydrogens (tertiary/aromatic N) is 7. The molecule has 1 amide bonds. The molecule has 14 heteroatoms. The number of anilines is 1. The van der Waals surface area contributed by atoms with Gasteiger partial charge in [-0.05, 0) is 24.5 Å². The Morgan fingerprint density at radius 2 is 1.95 bits per heavy atom. The van der Waals surface area contributed by atoms with Crippen LogP contribution in [0.1, 0.15) is 42.5 Å². The molecule has 200 valence electrons. The Labute approximate surface area is 212 Å². The molecule has 0 bridgehead atoms. The number of carbonyl (C=O) groups excluding carboxylic acids is 1. The first-order valence-corrected chi connectivity index (χ1v) is 11.8. The van der Waals surface area contributed by atoms with Crippen LogP contribution in [0.2, 0.25) is 0 Å². The predicted octanol–water partition coefficient (Wildman–Crippen LogP) is 4.30. The molecule has 2 atom stereocenters. The standard InChI is InChI=1S/C24H21F6N7O/c1-12-10-35(20-14(8-31)9-32-19-16(20)6-13(21(26)27)7-17(19)25)3-2-15(12)22(38)36-4-5-37-18(11-36)33-34-23(37)24(28,29)30/h6-7,9,12,15,21H,2-5,10-11H2,1H3/t12-,15+/m1/s1. The fourth-order valence-electron chi connectivity index (χ4n) is 5.32. The van der Waals surface area contributed by atoms with Crippen LogP contribution in [0.25, 0.3) is 10.9 Å². The molecule has 1 fully saturated rings. The highest BCUT2D eigenvalue weighted by Gasteiger charge is 2.41. The maximum atomic E-state index is 14.6. The summed E-state index contributed by atoms with van der Waals surface area (Å²) in [7, 11) is 0. The van der Waals surface area contributed by atoms with Crippen LogP contribution in [-0.4, -0.2) is 50.2 Å². The normalized spacial score (nSPS) is 20.1. The van der Waals surface area contributed by atoms with Gasteiger partial charge in [0.25, 0.3) is 6.43 Å². The van der Waals surface area contributed by atoms with E-state index < -0.39 is 35.7 Å². The molecule has 5 rings (SSSR count). The minimum Gasteiger partial charge on any atom is -0.370 e. The third-order valence-corrected chi connectivity index (χ3v) is 7.15. The third-order valence-electron chi connectivity index (χ3n) is 7.15. The minimum atomic E-state index is -4.64. The molecule has 0 spiro atoms. The average molecular weight is 537 g/mol. The van der Waals surface area contributed by atoms with Crippen molar-refractivity contribution in [1.82, 2.24) is 24.6 Å². The number of nitriles is 1. The van der Waals surface area contributed by atoms with Crippen LogP contribution in [0.15, 0.2) is 18.3 Å². The van der Waals surface area contributed by atoms with Crippen molar-refractivity contribution in [3.8, 4) is 6.07 Å². The highest BCUT2D eigenvalue weighted by Crippen LogP contribution is 2.38. The lowest BCUT2D eigenvalue weighted by atomic mass is 9.85. The SMILES string of the molecule is C[C@@H]1CN(c2c(C#N)cnc3c(F)cc(C(F)F)cc23)CC[C@@H]1C(=O)N1CCn2c(nnc2C(F)(F)F)C1. The van der Waals surface area contributed by atoms with Crippen molar-refractivity contribution in [2.75, 3.05) is 24.5 Å². The molecule has 2 aliphatic rings. The van der Waals surface area contributed by atoms with Gasteiger partial charge in [0.15, 0.2) is 5.82 Å². The first-order chi connectivity index (χ1) is 18.0. The molecule has 0 saturated carbocycles. The number of amides is 1. The Bertz CT molecular complexity index is 1450. The molecule has 0 unspecified atom stereocenters. The quantitative estimate of drug-likeness (QED) is 0.463. The van der Waals surface area contributed by atoms with E-state index in [-0.39, 0.29) is 72.5 Å². The molecule has 38 heavy (non-hydrogen) atoms. The van der Waals surface area contributed by atoms with E-state index in [1.54, 1.807) is 4.90 Å². The lowest BCUT2D eigenvalue weighted by Gasteiger charge is -2.40. The molecular formula is C24H21F6N7O. The fourth-order valence-corrected chi connectivity index (χ4v) is 5.32. The Morgan fingerprint density at radius 1 is 1.18 bits per heavy atom. The van der Waals surface area contributed by atoms with Crippen molar-refractivity contribution in [3.05, 3.63) is 46.9 Å². The maximum Gasteiger partial charge on any atom is 0.451 e. The van der Waals surface area contributed by atoms with Gasteiger partial charge in [-0.3, -0.25) is 9.78 Å². The summed E-state index contributed by atoms with van der Waals surface area (Å²) in [5.74, 6) is -2.92. The Morgan fingerprint density at radius 3 is 2.61 bits per heavy atom. The Hall–Kier alpha value is -3.89. The largest absolute Gasteiger partial charge is 0.451 e. The van der Waals surface area contributed by atoms with E-state index in [4.69, 9.17) is 0 Å². The van der Waals surface area contributed by atoms with E-state index in [0.29, 0.717) is 6.42 Å². The van der Waals surface area contributed by atoms with Crippen LogP contribution < -0.4 is 4.90 Å². The number of carbonyl (C=O) groups is 1. The second-order valence-corrected chi connectivity index (χ2v) is 9.50. The number of aromatic nitrogens is 4. The topological polar surface area (TPSA) is 90.9 Å². The zero-order valence-corrected chi connectivity index (χ0v) is 20.0. The second kappa shape index (κ2) is 9.45. The van der Waals surface area contributed by atoms with Crippen LogP contribution in [0.4, 0.5) is 32.0 Å². The number of fused-ring (bicyclic) bond motifs is 2. The van der Waals surface area contributed by atoms with E-state index in [9.17, 15) is 36.4 Å². The van der Waals surface area contributed by atoms with Gasteiger partial charge in [-0.25, -0.2) is 13.2 Å². The molecule has 4 heterocycles. The van der Waals surface area contributed by atoms with Crippen molar-refractivity contribution in [3.63, 3.8) is 0 Å². The molecular weight excluding hydrogens is 516 g/mol. The predicted molar refractivity (Wildman–Crippen MR) is 121 cm³/mol. The van der Waals surface area contributed by atoms with Crippen molar-refractivity contribution < 1.29 is 31.1 Å². The van der Waals surface area contributed by atoms with E-state index >= 15 is 0 Å². The molecule has 2 aromatic heterocycles. The number of halogens is 6. The molecule has 2 aliphatic heterocycles. The van der Waals surface area contributed by atoms with Gasteiger partial charge in [0.05, 0.1) is 17.8 Å². The molecule has 0 N–H and O–H groups in total. The molecule has 1 aromatic carbocycles. The fraction of sp³-hybridized carbons (Fsp3) is 0.458. The number of hydrogen-bond donors (Lipinski definition) is 0. The van der Waals surface area contributed by atoms with Gasteiger partial charge in [0.2, 0.25) is 11.7 Å². The molecule has 0 radical (unpaired) electrons. The molecule has 8 nitrogen and oxygen atoms in total. The van der Waals surface area contributed by atoms with Crippen molar-refractivity contribution >= 4 is 22.5 Å². The smallest absolute Gasteiger partial charge is 0.370 e. The zero-order chi connectivity index (χ0) is 27.4. The summed E-state index contributed by atoms with van der Waals surface area (Å²) < 4.78 is 81.7. The van der Waals surface area contributed by atoms with Crippen molar-refractivity contribution in [2.24, 2.45) is 11.8 Å². The van der Waals surface area contributed by atoms with Gasteiger partial charge in [-0.15, -0.1) is 10.2 Å². The summed E-state index contributed by atoms with van der Waals surface area (Å²) in [4.78, 5) is 20.5. The summed E-state index contributed by atoms with van der Waals surface area (Å²) >= 11 is 0. The summed E-state index contributed by atoms with van der Waals surface area (Å²) in [5, 5.41) is 16.6. The second-order valence-electron chi connectivity index (χ2n) is 9.50. The van der Waals surface area contributed by atoms with Crippen molar-refractivity contribution in [2.45, 2.75) is 39.0 Å². The van der Waals surface area contributed by atoms with Crippen LogP contribution in [0.5, 0.6) is 0 Å². The van der Waals surface area contributed by atoms with Crippen LogP contribution in [0.3, 0.4) is 0 Å². The van der Waals surface area contributed by atoms with E-state index in [1.807, 2.05) is 13.0 Å². The van der Waals surface area contributed by atoms with Crippen LogP contribution in [0, 0.1) is 29.0 Å². The number of pyridine rings is 1. The van der Waals surface area contributed by atoms with E-state index in [1.165, 1.54) is 11.1 Å².